The molecule has 0 aliphatic carbocycles. The minimum absolute atomic E-state index is 0.375. The van der Waals surface area contributed by atoms with E-state index < -0.39 is 0 Å². The van der Waals surface area contributed by atoms with Gasteiger partial charge in [-0.15, -0.1) is 0 Å². The molecule has 2 rings (SSSR count). The van der Waals surface area contributed by atoms with Gasteiger partial charge in [-0.2, -0.15) is 4.37 Å². The molecule has 0 fully saturated rings. The monoisotopic (exact) mass is 290 g/mol. The number of rotatable bonds is 6. The van der Waals surface area contributed by atoms with Gasteiger partial charge in [0, 0.05) is 35.7 Å². The summed E-state index contributed by atoms with van der Waals surface area (Å²) >= 11 is 1.42. The molecular weight excluding hydrogens is 268 g/mol. The molecule has 0 radical (unpaired) electrons. The van der Waals surface area contributed by atoms with Crippen LogP contribution in [0.2, 0.25) is 0 Å². The highest BCUT2D eigenvalue weighted by molar-refractivity contribution is 7.09. The summed E-state index contributed by atoms with van der Waals surface area (Å²) in [5, 5.41) is 7.63. The zero-order valence-electron chi connectivity index (χ0n) is 12.5. The zero-order chi connectivity index (χ0) is 14.5. The van der Waals surface area contributed by atoms with Gasteiger partial charge in [-0.3, -0.25) is 0 Å². The number of nitrogens with zero attached hydrogens (tertiary/aromatic N) is 2. The Hall–Kier alpha value is -1.62. The Balaban J connectivity index is 1.96. The van der Waals surface area contributed by atoms with Crippen molar-refractivity contribution in [3.8, 4) is 0 Å². The summed E-state index contributed by atoms with van der Waals surface area (Å²) in [6, 6.07) is 8.88. The molecule has 0 saturated carbocycles. The highest BCUT2D eigenvalue weighted by Crippen LogP contribution is 2.19. The van der Waals surface area contributed by atoms with Crippen LogP contribution >= 0.6 is 11.5 Å². The van der Waals surface area contributed by atoms with Gasteiger partial charge in [-0.25, -0.2) is 4.98 Å². The lowest BCUT2D eigenvalue weighted by molar-refractivity contribution is 0.799. The van der Waals surface area contributed by atoms with Crippen LogP contribution in [0.15, 0.2) is 24.3 Å². The molecule has 2 N–H and O–H groups in total. The molecule has 108 valence electrons. The van der Waals surface area contributed by atoms with Crippen molar-refractivity contribution in [2.45, 2.75) is 46.2 Å². The molecule has 0 aliphatic rings. The van der Waals surface area contributed by atoms with Gasteiger partial charge < -0.3 is 10.6 Å². The lowest BCUT2D eigenvalue weighted by atomic mass is 10.2. The number of hydrogen-bond donors (Lipinski definition) is 2. The molecule has 0 bridgehead atoms. The van der Waals surface area contributed by atoms with E-state index in [0.29, 0.717) is 12.0 Å². The standard InChI is InChI=1S/C15H22N4S/c1-10(2)14-18-15(20-19-14)16-9-12-6-5-7-13(8-12)17-11(3)4/h5-8,10-11,17H,9H2,1-4H3,(H,16,18,19). The van der Waals surface area contributed by atoms with E-state index >= 15 is 0 Å². The van der Waals surface area contributed by atoms with Gasteiger partial charge in [-0.1, -0.05) is 26.0 Å². The molecule has 0 saturated heterocycles. The number of nitrogens with one attached hydrogen (secondary N) is 2. The maximum absolute atomic E-state index is 4.48. The minimum atomic E-state index is 0.375. The van der Waals surface area contributed by atoms with Crippen LogP contribution < -0.4 is 10.6 Å². The first-order chi connectivity index (χ1) is 9.54. The summed E-state index contributed by atoms with van der Waals surface area (Å²) in [4.78, 5) is 4.48. The van der Waals surface area contributed by atoms with Crippen molar-refractivity contribution >= 4 is 22.4 Å². The summed E-state index contributed by atoms with van der Waals surface area (Å²) < 4.78 is 4.34. The van der Waals surface area contributed by atoms with Crippen molar-refractivity contribution in [1.82, 2.24) is 9.36 Å². The van der Waals surface area contributed by atoms with Crippen molar-refractivity contribution < 1.29 is 0 Å². The summed E-state index contributed by atoms with van der Waals surface area (Å²) in [6.45, 7) is 9.25. The molecule has 0 atom stereocenters. The van der Waals surface area contributed by atoms with E-state index in [0.717, 1.165) is 23.2 Å². The van der Waals surface area contributed by atoms with E-state index in [1.807, 2.05) is 0 Å². The second-order valence-electron chi connectivity index (χ2n) is 5.47. The fourth-order valence-corrected chi connectivity index (χ4v) is 2.53. The van der Waals surface area contributed by atoms with Gasteiger partial charge >= 0.3 is 0 Å². The number of hydrogen-bond acceptors (Lipinski definition) is 5. The Bertz CT molecular complexity index is 548. The quantitative estimate of drug-likeness (QED) is 0.841. The first kappa shape index (κ1) is 14.8. The highest BCUT2D eigenvalue weighted by Gasteiger charge is 2.07. The van der Waals surface area contributed by atoms with Gasteiger partial charge in [0.1, 0.15) is 5.82 Å². The van der Waals surface area contributed by atoms with E-state index in [9.17, 15) is 0 Å². The maximum atomic E-state index is 4.48. The molecule has 0 unspecified atom stereocenters. The molecule has 5 heteroatoms. The van der Waals surface area contributed by atoms with Crippen LogP contribution in [-0.4, -0.2) is 15.4 Å². The molecule has 20 heavy (non-hydrogen) atoms. The lowest BCUT2D eigenvalue weighted by Gasteiger charge is -2.11. The average molecular weight is 290 g/mol. The number of anilines is 2. The van der Waals surface area contributed by atoms with Crippen LogP contribution in [0, 0.1) is 0 Å². The SMILES string of the molecule is CC(C)Nc1cccc(CNc2nc(C(C)C)ns2)c1. The largest absolute Gasteiger partial charge is 0.383 e. The molecule has 0 amide bonds. The lowest BCUT2D eigenvalue weighted by Crippen LogP contribution is -2.10. The Kier molecular flexibility index (Phi) is 4.95. The molecule has 1 aromatic carbocycles. The zero-order valence-corrected chi connectivity index (χ0v) is 13.3. The van der Waals surface area contributed by atoms with E-state index in [1.165, 1.54) is 17.1 Å². The Morgan fingerprint density at radius 1 is 1.20 bits per heavy atom. The van der Waals surface area contributed by atoms with Crippen LogP contribution in [0.25, 0.3) is 0 Å². The summed E-state index contributed by atoms with van der Waals surface area (Å²) in [6.07, 6.45) is 0. The molecule has 2 aromatic rings. The maximum Gasteiger partial charge on any atom is 0.202 e. The second-order valence-corrected chi connectivity index (χ2v) is 6.22. The molecule has 0 spiro atoms. The minimum Gasteiger partial charge on any atom is -0.383 e. The van der Waals surface area contributed by atoms with E-state index in [-0.39, 0.29) is 0 Å². The van der Waals surface area contributed by atoms with Gasteiger partial charge in [0.25, 0.3) is 0 Å². The van der Waals surface area contributed by atoms with Crippen LogP contribution in [0.3, 0.4) is 0 Å². The smallest absolute Gasteiger partial charge is 0.202 e. The van der Waals surface area contributed by atoms with Crippen molar-refractivity contribution in [3.63, 3.8) is 0 Å². The van der Waals surface area contributed by atoms with Gasteiger partial charge in [0.2, 0.25) is 5.13 Å². The Morgan fingerprint density at radius 3 is 2.65 bits per heavy atom. The van der Waals surface area contributed by atoms with Crippen LogP contribution in [0.1, 0.15) is 45.0 Å². The first-order valence-electron chi connectivity index (χ1n) is 6.97. The fraction of sp³-hybridized carbons (Fsp3) is 0.467. The fourth-order valence-electron chi connectivity index (χ4n) is 1.82. The van der Waals surface area contributed by atoms with Crippen LogP contribution in [-0.2, 0) is 6.54 Å². The summed E-state index contributed by atoms with van der Waals surface area (Å²) in [7, 11) is 0. The third kappa shape index (κ3) is 4.20. The van der Waals surface area contributed by atoms with Crippen molar-refractivity contribution in [2.24, 2.45) is 0 Å². The van der Waals surface area contributed by atoms with Crippen molar-refractivity contribution in [2.75, 3.05) is 10.6 Å². The normalized spacial score (nSPS) is 11.1. The van der Waals surface area contributed by atoms with Crippen LogP contribution in [0.4, 0.5) is 10.8 Å². The molecular formula is C15H22N4S. The van der Waals surface area contributed by atoms with Gasteiger partial charge in [0.05, 0.1) is 0 Å². The molecule has 4 nitrogen and oxygen atoms in total. The third-order valence-electron chi connectivity index (χ3n) is 2.78. The van der Waals surface area contributed by atoms with Gasteiger partial charge in [-0.05, 0) is 31.5 Å². The molecule has 0 aliphatic heterocycles. The second kappa shape index (κ2) is 6.70. The summed E-state index contributed by atoms with van der Waals surface area (Å²) in [5.41, 5.74) is 2.39. The first-order valence-corrected chi connectivity index (χ1v) is 7.75. The topological polar surface area (TPSA) is 49.8 Å². The molecule has 1 heterocycles. The summed E-state index contributed by atoms with van der Waals surface area (Å²) in [5.74, 6) is 1.29. The van der Waals surface area contributed by atoms with Crippen LogP contribution in [0.5, 0.6) is 0 Å². The number of benzene rings is 1. The highest BCUT2D eigenvalue weighted by atomic mass is 32.1. The van der Waals surface area contributed by atoms with E-state index in [4.69, 9.17) is 0 Å². The Labute approximate surface area is 124 Å². The van der Waals surface area contributed by atoms with E-state index in [2.05, 4.69) is 72.0 Å². The van der Waals surface area contributed by atoms with E-state index in [1.54, 1.807) is 0 Å². The number of aromatic nitrogens is 2. The predicted octanol–water partition coefficient (Wildman–Crippen LogP) is 4.09. The Morgan fingerprint density at radius 2 is 2.00 bits per heavy atom. The van der Waals surface area contributed by atoms with Crippen molar-refractivity contribution in [3.05, 3.63) is 35.7 Å². The van der Waals surface area contributed by atoms with Gasteiger partial charge in [0.15, 0.2) is 0 Å². The average Bonchev–Trinajstić information content (AvgIpc) is 2.85. The third-order valence-corrected chi connectivity index (χ3v) is 3.47. The molecule has 1 aromatic heterocycles. The van der Waals surface area contributed by atoms with Crippen molar-refractivity contribution in [1.29, 1.82) is 0 Å². The predicted molar refractivity (Wildman–Crippen MR) is 86.5 cm³/mol.